The molecule has 3 aromatic rings. The van der Waals surface area contributed by atoms with E-state index in [4.69, 9.17) is 15.2 Å². The van der Waals surface area contributed by atoms with Crippen LogP contribution in [0.3, 0.4) is 0 Å². The maximum atomic E-state index is 13.6. The Balaban J connectivity index is 1.75. The first-order valence-electron chi connectivity index (χ1n) is 15.0. The van der Waals surface area contributed by atoms with Gasteiger partial charge in [-0.05, 0) is 37.1 Å². The number of hydrogen-bond donors (Lipinski definition) is 3. The molecule has 1 amide bonds. The molecule has 3 rings (SSSR count). The number of nitrogens with two attached hydrogens (primary N) is 1. The monoisotopic (exact) mass is 598 g/mol. The molecule has 0 aliphatic carbocycles. The van der Waals surface area contributed by atoms with Crippen LogP contribution in [-0.2, 0) is 33.8 Å². The molecule has 1 aromatic carbocycles. The fourth-order valence-corrected chi connectivity index (χ4v) is 4.60. The van der Waals surface area contributed by atoms with Gasteiger partial charge in [-0.2, -0.15) is 9.97 Å². The van der Waals surface area contributed by atoms with Gasteiger partial charge in [-0.3, -0.25) is 19.1 Å². The summed E-state index contributed by atoms with van der Waals surface area (Å²) in [7, 11) is 1.37. The first kappa shape index (κ1) is 33.5. The summed E-state index contributed by atoms with van der Waals surface area (Å²) < 4.78 is 11.9. The lowest BCUT2D eigenvalue weighted by molar-refractivity contribution is -0.139. The van der Waals surface area contributed by atoms with Crippen molar-refractivity contribution >= 4 is 28.9 Å². The summed E-state index contributed by atoms with van der Waals surface area (Å²) in [6.07, 6.45) is 2.52. The third-order valence-electron chi connectivity index (χ3n) is 7.16. The summed E-state index contributed by atoms with van der Waals surface area (Å²) in [4.78, 5) is 53.3. The van der Waals surface area contributed by atoms with Crippen molar-refractivity contribution in [2.24, 2.45) is 0 Å². The number of carbonyl (C=O) groups excluding carboxylic acids is 2. The van der Waals surface area contributed by atoms with Crippen molar-refractivity contribution in [1.29, 1.82) is 0 Å². The molecule has 13 heteroatoms. The molecule has 0 bridgehead atoms. The number of aryl methyl sites for hydroxylation is 1. The number of fused-ring (bicyclic) bond motifs is 1. The number of aromatic nitrogens is 4. The smallest absolute Gasteiger partial charge is 0.327 e. The topological polar surface area (TPSA) is 161 Å². The Labute approximate surface area is 252 Å². The number of carbonyl (C=O) groups is 2. The molecular weight excluding hydrogens is 552 g/mol. The number of nitrogens with zero attached hydrogens (tertiary/aromatic N) is 5. The number of unbranched alkanes of at least 4 members (excludes halogenated alkanes) is 1. The number of nitrogen functional groups attached to an aromatic ring is 1. The van der Waals surface area contributed by atoms with E-state index in [0.29, 0.717) is 43.8 Å². The summed E-state index contributed by atoms with van der Waals surface area (Å²) in [6, 6.07) is 7.73. The number of anilines is 1. The number of esters is 1. The van der Waals surface area contributed by atoms with E-state index in [1.165, 1.54) is 11.7 Å². The molecule has 236 valence electrons. The number of rotatable bonds is 19. The number of methoxy groups -OCH3 is 1. The maximum absolute atomic E-state index is 13.6. The van der Waals surface area contributed by atoms with Crippen LogP contribution in [0.15, 0.2) is 29.1 Å². The van der Waals surface area contributed by atoms with E-state index < -0.39 is 0 Å². The number of nitrogens with one attached hydrogen (secondary N) is 2. The summed E-state index contributed by atoms with van der Waals surface area (Å²) in [5, 5.41) is 3.31. The molecule has 2 heterocycles. The summed E-state index contributed by atoms with van der Waals surface area (Å²) in [6.45, 7) is 11.2. The van der Waals surface area contributed by atoms with E-state index >= 15 is 0 Å². The average Bonchev–Trinajstić information content (AvgIpc) is 3.32. The highest BCUT2D eigenvalue weighted by Crippen LogP contribution is 2.18. The van der Waals surface area contributed by atoms with Gasteiger partial charge in [-0.1, -0.05) is 51.5 Å². The lowest BCUT2D eigenvalue weighted by atomic mass is 10.1. The predicted octanol–water partition coefficient (Wildman–Crippen LogP) is 1.95. The van der Waals surface area contributed by atoms with Crippen LogP contribution in [0.25, 0.3) is 11.2 Å². The zero-order chi connectivity index (χ0) is 31.2. The van der Waals surface area contributed by atoms with Crippen LogP contribution in [0, 0.1) is 0 Å². The number of benzene rings is 1. The van der Waals surface area contributed by atoms with Gasteiger partial charge >= 0.3 is 17.7 Å². The van der Waals surface area contributed by atoms with Gasteiger partial charge in [0.15, 0.2) is 11.5 Å². The van der Waals surface area contributed by atoms with Crippen molar-refractivity contribution in [2.45, 2.75) is 59.5 Å². The fraction of sp³-hybridized carbons (Fsp3) is 0.567. The minimum absolute atomic E-state index is 0.00133. The molecule has 0 spiro atoms. The fourth-order valence-electron chi connectivity index (χ4n) is 4.60. The van der Waals surface area contributed by atoms with Gasteiger partial charge in [0, 0.05) is 32.7 Å². The van der Waals surface area contributed by atoms with E-state index in [0.717, 1.165) is 50.1 Å². The van der Waals surface area contributed by atoms with Crippen LogP contribution < -0.4 is 21.5 Å². The van der Waals surface area contributed by atoms with Crippen LogP contribution in [0.4, 0.5) is 5.82 Å². The second-order valence-corrected chi connectivity index (χ2v) is 10.3. The van der Waals surface area contributed by atoms with Gasteiger partial charge in [0.25, 0.3) is 0 Å². The highest BCUT2D eigenvalue weighted by Gasteiger charge is 2.19. The van der Waals surface area contributed by atoms with Gasteiger partial charge in [0.05, 0.1) is 26.7 Å². The third kappa shape index (κ3) is 10.1. The maximum Gasteiger partial charge on any atom is 0.327 e. The Bertz CT molecular complexity index is 1370. The Morgan fingerprint density at radius 3 is 2.49 bits per heavy atom. The molecule has 0 saturated carbocycles. The van der Waals surface area contributed by atoms with E-state index in [-0.39, 0.29) is 42.4 Å². The van der Waals surface area contributed by atoms with Gasteiger partial charge < -0.3 is 30.4 Å². The first-order valence-corrected chi connectivity index (χ1v) is 15.0. The Morgan fingerprint density at radius 2 is 1.81 bits per heavy atom. The summed E-state index contributed by atoms with van der Waals surface area (Å²) in [5.41, 5.74) is 8.27. The second kappa shape index (κ2) is 17.2. The van der Waals surface area contributed by atoms with Crippen LogP contribution >= 0.6 is 0 Å². The lowest BCUT2D eigenvalue weighted by Gasteiger charge is -2.27. The molecule has 0 radical (unpaired) electrons. The van der Waals surface area contributed by atoms with E-state index in [1.807, 2.05) is 36.1 Å². The number of imidazole rings is 1. The highest BCUT2D eigenvalue weighted by atomic mass is 16.5. The summed E-state index contributed by atoms with van der Waals surface area (Å²) in [5.74, 6) is -0.153. The largest absolute Gasteiger partial charge is 0.469 e. The van der Waals surface area contributed by atoms with Crippen LogP contribution in [0.5, 0.6) is 6.01 Å². The Morgan fingerprint density at radius 1 is 1.07 bits per heavy atom. The SMILES string of the molecule is CCCCOc1nc(N)c2[nH]c(=O)n(CCCN(Cc3ccc(CC(=O)OC)cc3)C(=O)CN(CC)CCNCC)c2n1. The Kier molecular flexibility index (Phi) is 13.4. The van der Waals surface area contributed by atoms with E-state index in [9.17, 15) is 14.4 Å². The zero-order valence-corrected chi connectivity index (χ0v) is 25.9. The van der Waals surface area contributed by atoms with Crippen molar-refractivity contribution in [3.05, 3.63) is 45.9 Å². The molecule has 0 saturated heterocycles. The zero-order valence-electron chi connectivity index (χ0n) is 25.9. The molecule has 4 N–H and O–H groups in total. The van der Waals surface area contributed by atoms with Crippen LogP contribution in [-0.4, -0.2) is 94.2 Å². The van der Waals surface area contributed by atoms with Crippen LogP contribution in [0.2, 0.25) is 0 Å². The van der Waals surface area contributed by atoms with Gasteiger partial charge in [-0.25, -0.2) is 4.79 Å². The molecular formula is C30H46N8O5. The molecule has 0 atom stereocenters. The standard InChI is InChI=1S/C30H46N8O5/c1-5-8-18-43-29-34-27(31)26-28(35-29)38(30(41)33-26)16-9-15-37(24(39)21-36(7-3)17-14-32-6-2)20-23-12-10-22(11-13-23)19-25(40)42-4/h10-13,32H,5-9,14-21H2,1-4H3,(H,33,41)(H2,31,34,35). The highest BCUT2D eigenvalue weighted by molar-refractivity contribution is 5.82. The molecule has 0 fully saturated rings. The van der Waals surface area contributed by atoms with E-state index in [1.54, 1.807) is 0 Å². The number of amides is 1. The number of H-pyrrole nitrogens is 1. The average molecular weight is 599 g/mol. The Hall–Kier alpha value is -3.97. The number of likely N-dealkylation sites (N-methyl/N-ethyl adjacent to an activating group) is 2. The molecule has 0 unspecified atom stereocenters. The van der Waals surface area contributed by atoms with Gasteiger partial charge in [-0.15, -0.1) is 0 Å². The van der Waals surface area contributed by atoms with Crippen molar-refractivity contribution in [1.82, 2.24) is 34.6 Å². The van der Waals surface area contributed by atoms with Crippen molar-refractivity contribution < 1.29 is 19.1 Å². The minimum atomic E-state index is -0.346. The molecule has 43 heavy (non-hydrogen) atoms. The normalized spacial score (nSPS) is 11.3. The lowest BCUT2D eigenvalue weighted by Crippen LogP contribution is -2.42. The molecule has 0 aliphatic rings. The second-order valence-electron chi connectivity index (χ2n) is 10.3. The minimum Gasteiger partial charge on any atom is -0.469 e. The first-order chi connectivity index (χ1) is 20.8. The summed E-state index contributed by atoms with van der Waals surface area (Å²) >= 11 is 0. The quantitative estimate of drug-likeness (QED) is 0.137. The van der Waals surface area contributed by atoms with Gasteiger partial charge in [0.1, 0.15) is 5.52 Å². The number of aromatic amines is 1. The molecule has 2 aromatic heterocycles. The molecule has 13 nitrogen and oxygen atoms in total. The van der Waals surface area contributed by atoms with Crippen molar-refractivity contribution in [3.8, 4) is 6.01 Å². The van der Waals surface area contributed by atoms with Crippen molar-refractivity contribution in [2.75, 3.05) is 58.7 Å². The van der Waals surface area contributed by atoms with Crippen LogP contribution in [0.1, 0.15) is 51.2 Å². The van der Waals surface area contributed by atoms with Crippen molar-refractivity contribution in [3.63, 3.8) is 0 Å². The predicted molar refractivity (Wildman–Crippen MR) is 166 cm³/mol. The molecule has 0 aliphatic heterocycles. The number of ether oxygens (including phenoxy) is 2. The van der Waals surface area contributed by atoms with Gasteiger partial charge in [0.2, 0.25) is 5.91 Å². The third-order valence-corrected chi connectivity index (χ3v) is 7.16. The number of hydrogen-bond acceptors (Lipinski definition) is 10. The van der Waals surface area contributed by atoms with E-state index in [2.05, 4.69) is 39.0 Å².